The summed E-state index contributed by atoms with van der Waals surface area (Å²) in [6.45, 7) is 6.70. The molecular formula is C28H39FN4O2. The number of ether oxygens (including phenoxy) is 1. The number of unbranched alkanes of at least 4 members (excludes halogenated alkanes) is 1. The lowest BCUT2D eigenvalue weighted by Crippen LogP contribution is -2.46. The van der Waals surface area contributed by atoms with E-state index in [9.17, 15) is 4.79 Å². The molecule has 1 amide bonds. The van der Waals surface area contributed by atoms with Gasteiger partial charge in [-0.2, -0.15) is 0 Å². The van der Waals surface area contributed by atoms with E-state index < -0.39 is 0 Å². The van der Waals surface area contributed by atoms with Crippen LogP contribution in [0, 0.1) is 5.82 Å². The summed E-state index contributed by atoms with van der Waals surface area (Å²) in [5.41, 5.74) is 1.69. The van der Waals surface area contributed by atoms with E-state index >= 15 is 4.39 Å². The maximum Gasteiger partial charge on any atom is 0.258 e. The van der Waals surface area contributed by atoms with Crippen molar-refractivity contribution >= 4 is 17.3 Å². The fourth-order valence-electron chi connectivity index (χ4n) is 4.92. The predicted molar refractivity (Wildman–Crippen MR) is 140 cm³/mol. The van der Waals surface area contributed by atoms with Crippen molar-refractivity contribution in [2.45, 2.75) is 51.1 Å². The van der Waals surface area contributed by atoms with Gasteiger partial charge in [-0.3, -0.25) is 4.79 Å². The van der Waals surface area contributed by atoms with Crippen molar-refractivity contribution in [1.82, 2.24) is 10.2 Å². The number of benzene rings is 2. The number of carbonyl (C=O) groups excluding carboxylic acids is 1. The van der Waals surface area contributed by atoms with E-state index in [1.54, 1.807) is 25.2 Å². The van der Waals surface area contributed by atoms with Crippen LogP contribution in [0.5, 0.6) is 5.75 Å². The maximum atomic E-state index is 15.1. The van der Waals surface area contributed by atoms with Crippen LogP contribution in [0.2, 0.25) is 0 Å². The highest BCUT2D eigenvalue weighted by molar-refractivity contribution is 6.05. The Balaban J connectivity index is 1.34. The van der Waals surface area contributed by atoms with Crippen molar-refractivity contribution in [3.05, 3.63) is 53.8 Å². The van der Waals surface area contributed by atoms with Crippen LogP contribution < -0.4 is 19.9 Å². The van der Waals surface area contributed by atoms with Crippen molar-refractivity contribution in [3.63, 3.8) is 0 Å². The smallest absolute Gasteiger partial charge is 0.258 e. The summed E-state index contributed by atoms with van der Waals surface area (Å²) < 4.78 is 20.8. The molecular weight excluding hydrogens is 443 g/mol. The molecule has 0 radical (unpaired) electrons. The number of halogens is 1. The lowest BCUT2D eigenvalue weighted by Gasteiger charge is -2.31. The zero-order chi connectivity index (χ0) is 24.8. The van der Waals surface area contributed by atoms with E-state index in [-0.39, 0.29) is 11.7 Å². The van der Waals surface area contributed by atoms with Gasteiger partial charge in [0.1, 0.15) is 11.6 Å². The number of piperidine rings is 1. The first-order chi connectivity index (χ1) is 16.9. The predicted octanol–water partition coefficient (Wildman–Crippen LogP) is 4.54. The highest BCUT2D eigenvalue weighted by atomic mass is 19.1. The SMILES string of the molecule is CCCCOc1ccc(C(=O)N(C)c2ccc(N3CCC(NC4CCN(C)CC4)C3)c(F)c2)cc1. The van der Waals surface area contributed by atoms with Gasteiger partial charge in [-0.1, -0.05) is 13.3 Å². The molecule has 1 N–H and O–H groups in total. The first-order valence-electron chi connectivity index (χ1n) is 12.9. The lowest BCUT2D eigenvalue weighted by molar-refractivity contribution is 0.0993. The molecule has 35 heavy (non-hydrogen) atoms. The Morgan fingerprint density at radius 2 is 1.80 bits per heavy atom. The monoisotopic (exact) mass is 482 g/mol. The summed E-state index contributed by atoms with van der Waals surface area (Å²) >= 11 is 0. The number of anilines is 2. The van der Waals surface area contributed by atoms with Crippen molar-refractivity contribution in [2.75, 3.05) is 56.7 Å². The van der Waals surface area contributed by atoms with E-state index in [0.29, 0.717) is 35.6 Å². The number of likely N-dealkylation sites (tertiary alicyclic amines) is 1. The first-order valence-corrected chi connectivity index (χ1v) is 12.9. The highest BCUT2D eigenvalue weighted by Crippen LogP contribution is 2.28. The molecule has 0 aliphatic carbocycles. The van der Waals surface area contributed by atoms with Gasteiger partial charge in [-0.25, -0.2) is 4.39 Å². The second-order valence-corrected chi connectivity index (χ2v) is 9.90. The molecule has 0 bridgehead atoms. The van der Waals surface area contributed by atoms with Crippen molar-refractivity contribution in [1.29, 1.82) is 0 Å². The third-order valence-corrected chi connectivity index (χ3v) is 7.21. The van der Waals surface area contributed by atoms with E-state index in [4.69, 9.17) is 4.74 Å². The molecule has 0 aromatic heterocycles. The number of hydrogen-bond donors (Lipinski definition) is 1. The first kappa shape index (κ1) is 25.5. The standard InChI is InChI=1S/C28H39FN4O2/c1-4-5-18-35-25-9-6-21(7-10-25)28(34)32(3)24-8-11-27(26(29)19-24)33-17-14-23(20-33)30-22-12-15-31(2)16-13-22/h6-11,19,22-23,30H,4-5,12-18,20H2,1-3H3. The molecule has 4 rings (SSSR count). The van der Waals surface area contributed by atoms with E-state index in [0.717, 1.165) is 51.2 Å². The summed E-state index contributed by atoms with van der Waals surface area (Å²) in [7, 11) is 3.85. The van der Waals surface area contributed by atoms with Gasteiger partial charge in [0.15, 0.2) is 0 Å². The third kappa shape index (κ3) is 6.53. The number of rotatable bonds is 9. The molecule has 7 heteroatoms. The molecule has 0 saturated carbocycles. The van der Waals surface area contributed by atoms with Crippen molar-refractivity contribution in [2.24, 2.45) is 0 Å². The zero-order valence-corrected chi connectivity index (χ0v) is 21.3. The Morgan fingerprint density at radius 1 is 1.09 bits per heavy atom. The van der Waals surface area contributed by atoms with Crippen LogP contribution in [0.4, 0.5) is 15.8 Å². The molecule has 2 aliphatic heterocycles. The summed E-state index contributed by atoms with van der Waals surface area (Å²) in [5.74, 6) is 0.282. The Bertz CT molecular complexity index is 975. The van der Waals surface area contributed by atoms with Gasteiger partial charge < -0.3 is 24.8 Å². The van der Waals surface area contributed by atoms with Crippen molar-refractivity contribution in [3.8, 4) is 5.75 Å². The number of carbonyl (C=O) groups is 1. The molecule has 0 spiro atoms. The molecule has 190 valence electrons. The van der Waals surface area contributed by atoms with Gasteiger partial charge in [-0.15, -0.1) is 0 Å². The second-order valence-electron chi connectivity index (χ2n) is 9.90. The highest BCUT2D eigenvalue weighted by Gasteiger charge is 2.28. The number of amides is 1. The maximum absolute atomic E-state index is 15.1. The molecule has 2 aromatic rings. The van der Waals surface area contributed by atoms with Gasteiger partial charge in [0.05, 0.1) is 12.3 Å². The van der Waals surface area contributed by atoms with E-state index in [2.05, 4.69) is 29.1 Å². The molecule has 2 aliphatic rings. The summed E-state index contributed by atoms with van der Waals surface area (Å²) in [6.07, 6.45) is 5.43. The van der Waals surface area contributed by atoms with Gasteiger partial charge in [0.25, 0.3) is 5.91 Å². The summed E-state index contributed by atoms with van der Waals surface area (Å²) in [4.78, 5) is 18.9. The van der Waals surface area contributed by atoms with E-state index in [1.165, 1.54) is 23.8 Å². The molecule has 1 unspecified atom stereocenters. The average molecular weight is 483 g/mol. The Labute approximate surface area is 209 Å². The fraction of sp³-hybridized carbons (Fsp3) is 0.536. The Kier molecular flexibility index (Phi) is 8.63. The van der Waals surface area contributed by atoms with E-state index in [1.807, 2.05) is 18.2 Å². The minimum absolute atomic E-state index is 0.180. The fourth-order valence-corrected chi connectivity index (χ4v) is 4.92. The average Bonchev–Trinajstić information content (AvgIpc) is 3.33. The summed E-state index contributed by atoms with van der Waals surface area (Å²) in [5, 5.41) is 3.79. The summed E-state index contributed by atoms with van der Waals surface area (Å²) in [6, 6.07) is 13.2. The Hall–Kier alpha value is -2.64. The van der Waals surface area contributed by atoms with Crippen LogP contribution in [-0.4, -0.2) is 69.8 Å². The Morgan fingerprint density at radius 3 is 2.49 bits per heavy atom. The normalized spacial score (nSPS) is 19.2. The number of nitrogens with one attached hydrogen (secondary N) is 1. The quantitative estimate of drug-likeness (QED) is 0.532. The van der Waals surface area contributed by atoms with Crippen LogP contribution in [0.15, 0.2) is 42.5 Å². The molecule has 2 heterocycles. The van der Waals surface area contributed by atoms with Gasteiger partial charge in [0.2, 0.25) is 0 Å². The van der Waals surface area contributed by atoms with Crippen LogP contribution in [0.1, 0.15) is 49.4 Å². The van der Waals surface area contributed by atoms with Crippen LogP contribution in [0.25, 0.3) is 0 Å². The van der Waals surface area contributed by atoms with Crippen LogP contribution >= 0.6 is 0 Å². The molecule has 2 fully saturated rings. The molecule has 6 nitrogen and oxygen atoms in total. The number of nitrogens with zero attached hydrogens (tertiary/aromatic N) is 3. The van der Waals surface area contributed by atoms with Gasteiger partial charge in [0, 0.05) is 43.5 Å². The van der Waals surface area contributed by atoms with Crippen LogP contribution in [-0.2, 0) is 0 Å². The topological polar surface area (TPSA) is 48.1 Å². The molecule has 2 aromatic carbocycles. The molecule has 2 saturated heterocycles. The minimum Gasteiger partial charge on any atom is -0.494 e. The minimum atomic E-state index is -0.290. The van der Waals surface area contributed by atoms with Gasteiger partial charge >= 0.3 is 0 Å². The van der Waals surface area contributed by atoms with Crippen LogP contribution in [0.3, 0.4) is 0 Å². The number of hydrogen-bond acceptors (Lipinski definition) is 5. The zero-order valence-electron chi connectivity index (χ0n) is 21.3. The third-order valence-electron chi connectivity index (χ3n) is 7.21. The largest absolute Gasteiger partial charge is 0.494 e. The lowest BCUT2D eigenvalue weighted by atomic mass is 10.0. The van der Waals surface area contributed by atoms with Crippen molar-refractivity contribution < 1.29 is 13.9 Å². The molecule has 1 atom stereocenters. The van der Waals surface area contributed by atoms with Gasteiger partial charge in [-0.05, 0) is 88.3 Å². The second kappa shape index (κ2) is 11.9.